The van der Waals surface area contributed by atoms with Crippen molar-refractivity contribution < 1.29 is 4.74 Å². The number of hydrogen-bond acceptors (Lipinski definition) is 2. The Morgan fingerprint density at radius 3 is 2.81 bits per heavy atom. The second kappa shape index (κ2) is 7.08. The first-order chi connectivity index (χ1) is 7.67. The molecule has 0 amide bonds. The summed E-state index contributed by atoms with van der Waals surface area (Å²) >= 11 is 7.65. The molecule has 3 heteroatoms. The van der Waals surface area contributed by atoms with E-state index < -0.39 is 0 Å². The van der Waals surface area contributed by atoms with Crippen molar-refractivity contribution in [3.05, 3.63) is 29.3 Å². The second-order valence-corrected chi connectivity index (χ2v) is 5.72. The monoisotopic (exact) mass is 258 g/mol. The first-order valence-corrected chi connectivity index (χ1v) is 7.06. The van der Waals surface area contributed by atoms with E-state index in [4.69, 9.17) is 16.3 Å². The van der Waals surface area contributed by atoms with Crippen LogP contribution in [-0.2, 0) is 5.75 Å². The highest BCUT2D eigenvalue weighted by atomic mass is 35.5. The van der Waals surface area contributed by atoms with Gasteiger partial charge < -0.3 is 4.74 Å². The van der Waals surface area contributed by atoms with Crippen LogP contribution in [0, 0.1) is 6.92 Å². The van der Waals surface area contributed by atoms with E-state index in [-0.39, 0.29) is 0 Å². The highest BCUT2D eigenvalue weighted by Gasteiger charge is 2.06. The third kappa shape index (κ3) is 4.26. The highest BCUT2D eigenvalue weighted by Crippen LogP contribution is 2.27. The molecule has 0 radical (unpaired) electrons. The molecule has 0 saturated heterocycles. The molecule has 1 nitrogen and oxygen atoms in total. The molecule has 0 spiro atoms. The van der Waals surface area contributed by atoms with Crippen molar-refractivity contribution in [3.63, 3.8) is 0 Å². The number of aryl methyl sites for hydroxylation is 1. The maximum absolute atomic E-state index is 5.72. The SMILES string of the molecule is COc1ccc(C)cc1CSC(C)CCCl. The lowest BCUT2D eigenvalue weighted by molar-refractivity contribution is 0.411. The number of halogens is 1. The number of ether oxygens (including phenoxy) is 1. The molecule has 0 aliphatic rings. The van der Waals surface area contributed by atoms with E-state index >= 15 is 0 Å². The van der Waals surface area contributed by atoms with Crippen molar-refractivity contribution in [3.8, 4) is 5.75 Å². The van der Waals surface area contributed by atoms with Crippen LogP contribution in [0.25, 0.3) is 0 Å². The highest BCUT2D eigenvalue weighted by molar-refractivity contribution is 7.99. The third-order valence-corrected chi connectivity index (χ3v) is 3.98. The fraction of sp³-hybridized carbons (Fsp3) is 0.538. The Balaban J connectivity index is 2.61. The van der Waals surface area contributed by atoms with E-state index in [0.29, 0.717) is 5.25 Å². The van der Waals surface area contributed by atoms with Gasteiger partial charge in [0.15, 0.2) is 0 Å². The predicted molar refractivity (Wildman–Crippen MR) is 73.8 cm³/mol. The van der Waals surface area contributed by atoms with Crippen LogP contribution in [0.1, 0.15) is 24.5 Å². The lowest BCUT2D eigenvalue weighted by Gasteiger charge is -2.12. The van der Waals surface area contributed by atoms with Gasteiger partial charge in [-0.15, -0.1) is 11.6 Å². The van der Waals surface area contributed by atoms with E-state index in [9.17, 15) is 0 Å². The van der Waals surface area contributed by atoms with Crippen molar-refractivity contribution in [1.82, 2.24) is 0 Å². The first-order valence-electron chi connectivity index (χ1n) is 5.48. The Kier molecular flexibility index (Phi) is 6.07. The number of methoxy groups -OCH3 is 1. The lowest BCUT2D eigenvalue weighted by atomic mass is 10.1. The van der Waals surface area contributed by atoms with Crippen LogP contribution >= 0.6 is 23.4 Å². The zero-order valence-electron chi connectivity index (χ0n) is 10.1. The van der Waals surface area contributed by atoms with Gasteiger partial charge in [0.25, 0.3) is 0 Å². The standard InChI is InChI=1S/C13H19ClOS/c1-10-4-5-13(15-3)12(8-10)9-16-11(2)6-7-14/h4-5,8,11H,6-7,9H2,1-3H3. The molecule has 1 aromatic carbocycles. The van der Waals surface area contributed by atoms with Crippen LogP contribution < -0.4 is 4.74 Å². The number of hydrogen-bond donors (Lipinski definition) is 0. The summed E-state index contributed by atoms with van der Waals surface area (Å²) in [6.45, 7) is 4.32. The van der Waals surface area contributed by atoms with Crippen molar-refractivity contribution >= 4 is 23.4 Å². The van der Waals surface area contributed by atoms with Gasteiger partial charge in [0.1, 0.15) is 5.75 Å². The average molecular weight is 259 g/mol. The summed E-state index contributed by atoms with van der Waals surface area (Å²) in [6.07, 6.45) is 1.06. The first kappa shape index (κ1) is 13.7. The quantitative estimate of drug-likeness (QED) is 0.706. The summed E-state index contributed by atoms with van der Waals surface area (Å²) in [5.74, 6) is 2.71. The number of thioether (sulfide) groups is 1. The molecular formula is C13H19ClOS. The summed E-state index contributed by atoms with van der Waals surface area (Å²) in [7, 11) is 1.72. The van der Waals surface area contributed by atoms with E-state index in [0.717, 1.165) is 23.8 Å². The van der Waals surface area contributed by atoms with Crippen LogP contribution in [0.3, 0.4) is 0 Å². The Morgan fingerprint density at radius 1 is 1.44 bits per heavy atom. The minimum atomic E-state index is 0.600. The largest absolute Gasteiger partial charge is 0.496 e. The summed E-state index contributed by atoms with van der Waals surface area (Å²) in [5, 5.41) is 0.600. The topological polar surface area (TPSA) is 9.23 Å². The summed E-state index contributed by atoms with van der Waals surface area (Å²) in [4.78, 5) is 0. The van der Waals surface area contributed by atoms with E-state index in [1.54, 1.807) is 7.11 Å². The predicted octanol–water partition coefficient (Wildman–Crippen LogP) is 4.25. The second-order valence-electron chi connectivity index (χ2n) is 3.91. The zero-order valence-corrected chi connectivity index (χ0v) is 11.7. The molecule has 90 valence electrons. The van der Waals surface area contributed by atoms with Gasteiger partial charge in [-0.1, -0.05) is 24.6 Å². The van der Waals surface area contributed by atoms with Gasteiger partial charge in [-0.25, -0.2) is 0 Å². The molecule has 16 heavy (non-hydrogen) atoms. The maximum Gasteiger partial charge on any atom is 0.122 e. The third-order valence-electron chi connectivity index (χ3n) is 2.47. The zero-order chi connectivity index (χ0) is 12.0. The fourth-order valence-electron chi connectivity index (χ4n) is 1.49. The summed E-state index contributed by atoms with van der Waals surface area (Å²) in [6, 6.07) is 6.31. The molecule has 0 heterocycles. The van der Waals surface area contributed by atoms with Gasteiger partial charge in [0, 0.05) is 22.4 Å². The molecule has 1 atom stereocenters. The maximum atomic E-state index is 5.72. The number of rotatable bonds is 6. The Morgan fingerprint density at radius 2 is 2.19 bits per heavy atom. The van der Waals surface area contributed by atoms with E-state index in [1.165, 1.54) is 11.1 Å². The molecular weight excluding hydrogens is 240 g/mol. The fourth-order valence-corrected chi connectivity index (χ4v) is 2.92. The van der Waals surface area contributed by atoms with Gasteiger partial charge in [-0.05, 0) is 19.4 Å². The molecule has 1 aromatic rings. The van der Waals surface area contributed by atoms with Gasteiger partial charge >= 0.3 is 0 Å². The lowest BCUT2D eigenvalue weighted by Crippen LogP contribution is -1.99. The average Bonchev–Trinajstić information content (AvgIpc) is 2.27. The smallest absolute Gasteiger partial charge is 0.122 e. The Labute approximate surface area is 108 Å². The number of benzene rings is 1. The molecule has 0 bridgehead atoms. The molecule has 0 aliphatic heterocycles. The van der Waals surface area contributed by atoms with Crippen LogP contribution in [0.2, 0.25) is 0 Å². The minimum Gasteiger partial charge on any atom is -0.496 e. The summed E-state index contributed by atoms with van der Waals surface area (Å²) in [5.41, 5.74) is 2.55. The van der Waals surface area contributed by atoms with Crippen molar-refractivity contribution in [2.75, 3.05) is 13.0 Å². The van der Waals surface area contributed by atoms with E-state index in [2.05, 4.69) is 26.0 Å². The minimum absolute atomic E-state index is 0.600. The molecule has 0 aromatic heterocycles. The van der Waals surface area contributed by atoms with Crippen molar-refractivity contribution in [1.29, 1.82) is 0 Å². The van der Waals surface area contributed by atoms with Gasteiger partial charge in [-0.2, -0.15) is 11.8 Å². The van der Waals surface area contributed by atoms with E-state index in [1.807, 2.05) is 17.8 Å². The molecule has 0 aliphatic carbocycles. The Hall–Kier alpha value is -0.340. The molecule has 1 rings (SSSR count). The molecule has 1 unspecified atom stereocenters. The van der Waals surface area contributed by atoms with Crippen LogP contribution in [-0.4, -0.2) is 18.2 Å². The molecule has 0 N–H and O–H groups in total. The summed E-state index contributed by atoms with van der Waals surface area (Å²) < 4.78 is 5.35. The van der Waals surface area contributed by atoms with Gasteiger partial charge in [0.05, 0.1) is 7.11 Å². The van der Waals surface area contributed by atoms with Gasteiger partial charge in [-0.3, -0.25) is 0 Å². The molecule has 0 saturated carbocycles. The van der Waals surface area contributed by atoms with Crippen molar-refractivity contribution in [2.24, 2.45) is 0 Å². The van der Waals surface area contributed by atoms with Crippen LogP contribution in [0.5, 0.6) is 5.75 Å². The Bertz CT molecular complexity index is 328. The van der Waals surface area contributed by atoms with Crippen LogP contribution in [0.15, 0.2) is 18.2 Å². The van der Waals surface area contributed by atoms with Crippen molar-refractivity contribution in [2.45, 2.75) is 31.3 Å². The van der Waals surface area contributed by atoms with Crippen LogP contribution in [0.4, 0.5) is 0 Å². The normalized spacial score (nSPS) is 12.5. The molecule has 0 fully saturated rings. The van der Waals surface area contributed by atoms with Gasteiger partial charge in [0.2, 0.25) is 0 Å². The number of alkyl halides is 1.